The van der Waals surface area contributed by atoms with E-state index in [1.165, 1.54) is 0 Å². The average Bonchev–Trinajstić information content (AvgIpc) is 3.07. The first-order valence-electron chi connectivity index (χ1n) is 9.06. The number of carbonyl (C=O) groups excluding carboxylic acids is 1. The molecule has 1 aliphatic heterocycles. The largest absolute Gasteiger partial charge is 0.375 e. The number of ether oxygens (including phenoxy) is 1. The molecule has 7 heteroatoms. The summed E-state index contributed by atoms with van der Waals surface area (Å²) in [6.45, 7) is 9.50. The number of halogens is 2. The zero-order chi connectivity index (χ0) is 17.4. The number of likely N-dealkylation sites (N-methyl/N-ethyl adjacent to an activating group) is 1. The van der Waals surface area contributed by atoms with Gasteiger partial charge in [-0.15, -0.1) is 24.8 Å². The summed E-state index contributed by atoms with van der Waals surface area (Å²) in [5.41, 5.74) is 7.21. The van der Waals surface area contributed by atoms with E-state index in [0.29, 0.717) is 13.0 Å². The Morgan fingerprint density at radius 3 is 2.54 bits per heavy atom. The van der Waals surface area contributed by atoms with Crippen molar-refractivity contribution in [1.29, 1.82) is 0 Å². The zero-order valence-corrected chi connectivity index (χ0v) is 17.4. The first kappa shape index (κ1) is 25.1. The number of amides is 1. The van der Waals surface area contributed by atoms with E-state index in [9.17, 15) is 4.79 Å². The normalized spacial score (nSPS) is 17.5. The van der Waals surface area contributed by atoms with E-state index in [-0.39, 0.29) is 36.8 Å². The quantitative estimate of drug-likeness (QED) is 0.684. The van der Waals surface area contributed by atoms with Gasteiger partial charge in [0.25, 0.3) is 0 Å². The number of benzene rings is 1. The predicted octanol–water partition coefficient (Wildman–Crippen LogP) is 2.36. The van der Waals surface area contributed by atoms with E-state index >= 15 is 0 Å². The second-order valence-corrected chi connectivity index (χ2v) is 6.39. The van der Waals surface area contributed by atoms with Gasteiger partial charge in [-0.05, 0) is 31.5 Å². The third-order valence-electron chi connectivity index (χ3n) is 4.73. The van der Waals surface area contributed by atoms with Gasteiger partial charge in [0.2, 0.25) is 5.91 Å². The maximum atomic E-state index is 12.5. The van der Waals surface area contributed by atoms with Crippen LogP contribution in [0, 0.1) is 0 Å². The molecule has 0 aliphatic carbocycles. The Morgan fingerprint density at radius 2 is 1.92 bits per heavy atom. The monoisotopic (exact) mass is 405 g/mol. The van der Waals surface area contributed by atoms with Gasteiger partial charge in [-0.2, -0.15) is 0 Å². The van der Waals surface area contributed by atoms with Crippen molar-refractivity contribution in [3.63, 3.8) is 0 Å². The van der Waals surface area contributed by atoms with Crippen molar-refractivity contribution in [2.75, 3.05) is 39.3 Å². The van der Waals surface area contributed by atoms with Crippen molar-refractivity contribution in [1.82, 2.24) is 9.80 Å². The second kappa shape index (κ2) is 13.3. The first-order valence-corrected chi connectivity index (χ1v) is 9.06. The summed E-state index contributed by atoms with van der Waals surface area (Å²) in [5, 5.41) is 0. The number of carbonyl (C=O) groups is 1. The van der Waals surface area contributed by atoms with Crippen LogP contribution in [0.1, 0.15) is 25.8 Å². The van der Waals surface area contributed by atoms with Crippen LogP contribution in [-0.2, 0) is 16.0 Å². The molecule has 5 nitrogen and oxygen atoms in total. The Morgan fingerprint density at radius 1 is 1.27 bits per heavy atom. The lowest BCUT2D eigenvalue weighted by atomic mass is 10.1. The van der Waals surface area contributed by atoms with Crippen LogP contribution < -0.4 is 5.73 Å². The molecule has 1 fully saturated rings. The lowest BCUT2D eigenvalue weighted by molar-refractivity contribution is -0.132. The minimum absolute atomic E-state index is 0. The molecule has 0 spiro atoms. The van der Waals surface area contributed by atoms with Crippen LogP contribution in [0.4, 0.5) is 0 Å². The minimum atomic E-state index is -0.471. The average molecular weight is 406 g/mol. The van der Waals surface area contributed by atoms with Crippen LogP contribution in [-0.4, -0.2) is 67.2 Å². The van der Waals surface area contributed by atoms with Crippen LogP contribution in [0.5, 0.6) is 0 Å². The maximum absolute atomic E-state index is 12.5. The third-order valence-corrected chi connectivity index (χ3v) is 4.73. The molecule has 0 radical (unpaired) electrons. The lowest BCUT2D eigenvalue weighted by Crippen LogP contribution is -2.44. The number of nitrogens with two attached hydrogens (primary N) is 1. The number of likely N-dealkylation sites (tertiary alicyclic amines) is 1. The van der Waals surface area contributed by atoms with E-state index in [2.05, 4.69) is 18.7 Å². The smallest absolute Gasteiger partial charge is 0.239 e. The SMILES string of the molecule is CCN(CC)CCOC1CCN(C(=O)C(N)Cc2ccccc2)C1.Cl.Cl. The zero-order valence-electron chi connectivity index (χ0n) is 15.8. The molecule has 1 heterocycles. The van der Waals surface area contributed by atoms with Crippen LogP contribution in [0.3, 0.4) is 0 Å². The van der Waals surface area contributed by atoms with Crippen molar-refractivity contribution >= 4 is 30.7 Å². The molecule has 150 valence electrons. The number of rotatable bonds is 9. The molecular formula is C19H33Cl2N3O2. The van der Waals surface area contributed by atoms with Gasteiger partial charge in [-0.25, -0.2) is 0 Å². The number of hydrogen-bond acceptors (Lipinski definition) is 4. The van der Waals surface area contributed by atoms with Crippen molar-refractivity contribution in [2.24, 2.45) is 5.73 Å². The molecule has 2 unspecified atom stereocenters. The molecule has 1 aromatic rings. The fourth-order valence-electron chi connectivity index (χ4n) is 3.14. The van der Waals surface area contributed by atoms with Gasteiger partial charge >= 0.3 is 0 Å². The highest BCUT2D eigenvalue weighted by Gasteiger charge is 2.29. The number of nitrogens with zero attached hydrogens (tertiary/aromatic N) is 2. The van der Waals surface area contributed by atoms with Crippen molar-refractivity contribution < 1.29 is 9.53 Å². The molecule has 1 aromatic carbocycles. The van der Waals surface area contributed by atoms with Gasteiger partial charge in [0.1, 0.15) is 0 Å². The topological polar surface area (TPSA) is 58.8 Å². The summed E-state index contributed by atoms with van der Waals surface area (Å²) < 4.78 is 5.94. The van der Waals surface area contributed by atoms with Gasteiger partial charge < -0.3 is 20.3 Å². The lowest BCUT2D eigenvalue weighted by Gasteiger charge is -2.22. The second-order valence-electron chi connectivity index (χ2n) is 6.39. The molecule has 1 saturated heterocycles. The molecular weight excluding hydrogens is 373 g/mol. The minimum Gasteiger partial charge on any atom is -0.375 e. The third kappa shape index (κ3) is 7.80. The predicted molar refractivity (Wildman–Crippen MR) is 111 cm³/mol. The fraction of sp³-hybridized carbons (Fsp3) is 0.632. The van der Waals surface area contributed by atoms with Crippen LogP contribution >= 0.6 is 24.8 Å². The van der Waals surface area contributed by atoms with Gasteiger partial charge in [0, 0.05) is 19.6 Å². The van der Waals surface area contributed by atoms with Crippen molar-refractivity contribution in [2.45, 2.75) is 38.8 Å². The molecule has 0 saturated carbocycles. The molecule has 0 aromatic heterocycles. The fourth-order valence-corrected chi connectivity index (χ4v) is 3.14. The molecule has 26 heavy (non-hydrogen) atoms. The highest BCUT2D eigenvalue weighted by atomic mass is 35.5. The van der Waals surface area contributed by atoms with Gasteiger partial charge in [-0.3, -0.25) is 4.79 Å². The standard InChI is InChI=1S/C19H31N3O2.2ClH/c1-3-21(4-2)12-13-24-17-10-11-22(15-17)19(23)18(20)14-16-8-6-5-7-9-16;;/h5-9,17-18H,3-4,10-15,20H2,1-2H3;2*1H. The maximum Gasteiger partial charge on any atom is 0.239 e. The summed E-state index contributed by atoms with van der Waals surface area (Å²) >= 11 is 0. The van der Waals surface area contributed by atoms with Gasteiger partial charge in [0.05, 0.1) is 18.8 Å². The molecule has 0 bridgehead atoms. The van der Waals surface area contributed by atoms with Crippen molar-refractivity contribution in [3.8, 4) is 0 Å². The summed E-state index contributed by atoms with van der Waals surface area (Å²) in [4.78, 5) is 16.7. The first-order chi connectivity index (χ1) is 11.6. The van der Waals surface area contributed by atoms with Crippen LogP contribution in [0.2, 0.25) is 0 Å². The van der Waals surface area contributed by atoms with E-state index in [1.807, 2.05) is 35.2 Å². The Bertz CT molecular complexity index is 501. The van der Waals surface area contributed by atoms with Gasteiger partial charge in [-0.1, -0.05) is 44.2 Å². The Labute approximate surface area is 170 Å². The Kier molecular flexibility index (Phi) is 12.9. The summed E-state index contributed by atoms with van der Waals surface area (Å²) in [6.07, 6.45) is 1.64. The Balaban J connectivity index is 0.00000312. The van der Waals surface area contributed by atoms with Gasteiger partial charge in [0.15, 0.2) is 0 Å². The summed E-state index contributed by atoms with van der Waals surface area (Å²) in [7, 11) is 0. The summed E-state index contributed by atoms with van der Waals surface area (Å²) in [6, 6.07) is 9.47. The molecule has 2 rings (SSSR count). The van der Waals surface area contributed by atoms with Crippen LogP contribution in [0.25, 0.3) is 0 Å². The van der Waals surface area contributed by atoms with E-state index < -0.39 is 6.04 Å². The van der Waals surface area contributed by atoms with Crippen LogP contribution in [0.15, 0.2) is 30.3 Å². The van der Waals surface area contributed by atoms with Crippen molar-refractivity contribution in [3.05, 3.63) is 35.9 Å². The van der Waals surface area contributed by atoms with E-state index in [0.717, 1.165) is 44.8 Å². The molecule has 1 aliphatic rings. The Hall–Kier alpha value is -0.850. The van der Waals surface area contributed by atoms with E-state index in [1.54, 1.807) is 0 Å². The number of hydrogen-bond donors (Lipinski definition) is 1. The molecule has 2 N–H and O–H groups in total. The summed E-state index contributed by atoms with van der Waals surface area (Å²) in [5.74, 6) is 0.0358. The highest BCUT2D eigenvalue weighted by molar-refractivity contribution is 5.85. The highest BCUT2D eigenvalue weighted by Crippen LogP contribution is 2.15. The molecule has 1 amide bonds. The molecule has 2 atom stereocenters. The van der Waals surface area contributed by atoms with E-state index in [4.69, 9.17) is 10.5 Å².